The molecule has 0 aromatic rings. The van der Waals surface area contributed by atoms with Gasteiger partial charge in [-0.05, 0) is 31.1 Å². The Hall–Kier alpha value is -1.43. The summed E-state index contributed by atoms with van der Waals surface area (Å²) in [6.45, 7) is 8.72. The van der Waals surface area contributed by atoms with Crippen molar-refractivity contribution in [2.45, 2.75) is 98.3 Å². The van der Waals surface area contributed by atoms with Gasteiger partial charge in [-0.15, -0.1) is 0 Å². The van der Waals surface area contributed by atoms with Gasteiger partial charge >= 0.3 is 0 Å². The largest absolute Gasteiger partial charge is 0.299 e. The zero-order valence-corrected chi connectivity index (χ0v) is 17.4. The number of hydrogen-bond donors (Lipinski definition) is 0. The Bertz CT molecular complexity index is 461. The lowest BCUT2D eigenvalue weighted by atomic mass is 9.94. The Kier molecular flexibility index (Phi) is 14.9. The highest BCUT2D eigenvalue weighted by atomic mass is 16.1. The van der Waals surface area contributed by atoms with Crippen molar-refractivity contribution >= 4 is 11.6 Å². The zero-order chi connectivity index (χ0) is 19.8. The number of nitrogens with zero attached hydrogens (tertiary/aromatic N) is 1. The summed E-state index contributed by atoms with van der Waals surface area (Å²) in [7, 11) is 0. The molecule has 1 aliphatic rings. The van der Waals surface area contributed by atoms with Gasteiger partial charge in [0.15, 0.2) is 0 Å². The first-order valence-corrected chi connectivity index (χ1v) is 10.6. The Labute approximate surface area is 161 Å². The van der Waals surface area contributed by atoms with Gasteiger partial charge in [0.25, 0.3) is 0 Å². The molecule has 1 fully saturated rings. The fourth-order valence-corrected chi connectivity index (χ4v) is 3.20. The van der Waals surface area contributed by atoms with Crippen LogP contribution in [0, 0.1) is 29.1 Å². The third-order valence-electron chi connectivity index (χ3n) is 5.21. The lowest BCUT2D eigenvalue weighted by molar-refractivity contribution is -0.120. The van der Waals surface area contributed by atoms with Crippen LogP contribution in [0.5, 0.6) is 0 Å². The van der Waals surface area contributed by atoms with Crippen LogP contribution in [0.15, 0.2) is 12.2 Å². The molecular weight excluding hydrogens is 322 g/mol. The van der Waals surface area contributed by atoms with E-state index in [1.165, 1.54) is 38.5 Å². The van der Waals surface area contributed by atoms with Gasteiger partial charge in [0.1, 0.15) is 11.9 Å². The lowest BCUT2D eigenvalue weighted by Crippen LogP contribution is -2.08. The van der Waals surface area contributed by atoms with Crippen molar-refractivity contribution in [1.29, 1.82) is 5.26 Å². The van der Waals surface area contributed by atoms with Crippen molar-refractivity contribution < 1.29 is 9.59 Å². The van der Waals surface area contributed by atoms with E-state index >= 15 is 0 Å². The van der Waals surface area contributed by atoms with E-state index in [9.17, 15) is 9.59 Å². The van der Waals surface area contributed by atoms with Gasteiger partial charge in [0.05, 0.1) is 0 Å². The SMILES string of the molecule is CCCCCC(C)/C=C/[C@H]1CCC(=O)C1C.CCCCCCC(=O)C#N. The Morgan fingerprint density at radius 1 is 1.19 bits per heavy atom. The van der Waals surface area contributed by atoms with Crippen LogP contribution < -0.4 is 0 Å². The molecule has 0 amide bonds. The van der Waals surface area contributed by atoms with E-state index in [0.717, 1.165) is 25.7 Å². The second kappa shape index (κ2) is 15.8. The summed E-state index contributed by atoms with van der Waals surface area (Å²) in [6, 6.07) is 1.60. The molecule has 0 bridgehead atoms. The van der Waals surface area contributed by atoms with Gasteiger partial charge in [-0.1, -0.05) is 78.4 Å². The molecule has 0 N–H and O–H groups in total. The summed E-state index contributed by atoms with van der Waals surface area (Å²) in [5, 5.41) is 8.09. The summed E-state index contributed by atoms with van der Waals surface area (Å²) in [4.78, 5) is 21.8. The van der Waals surface area contributed by atoms with E-state index in [0.29, 0.717) is 24.0 Å². The topological polar surface area (TPSA) is 57.9 Å². The highest BCUT2D eigenvalue weighted by Crippen LogP contribution is 2.29. The highest BCUT2D eigenvalue weighted by molar-refractivity contribution is 5.93. The molecule has 0 aromatic heterocycles. The van der Waals surface area contributed by atoms with E-state index in [2.05, 4.69) is 39.8 Å². The van der Waals surface area contributed by atoms with Gasteiger partial charge in [0.2, 0.25) is 5.78 Å². The van der Waals surface area contributed by atoms with Gasteiger partial charge < -0.3 is 0 Å². The van der Waals surface area contributed by atoms with E-state index in [1.54, 1.807) is 6.07 Å². The number of ketones is 2. The van der Waals surface area contributed by atoms with Crippen LogP contribution in [0.2, 0.25) is 0 Å². The summed E-state index contributed by atoms with van der Waals surface area (Å²) < 4.78 is 0. The molecule has 3 heteroatoms. The van der Waals surface area contributed by atoms with Gasteiger partial charge in [-0.25, -0.2) is 0 Å². The molecule has 1 aliphatic carbocycles. The molecule has 148 valence electrons. The average Bonchev–Trinajstić information content (AvgIpc) is 2.96. The van der Waals surface area contributed by atoms with Gasteiger partial charge in [-0.3, -0.25) is 9.59 Å². The number of rotatable bonds is 11. The van der Waals surface area contributed by atoms with Crippen molar-refractivity contribution in [2.24, 2.45) is 17.8 Å². The smallest absolute Gasteiger partial charge is 0.231 e. The number of hydrogen-bond acceptors (Lipinski definition) is 3. The van der Waals surface area contributed by atoms with Crippen LogP contribution in [0.3, 0.4) is 0 Å². The number of carbonyl (C=O) groups excluding carboxylic acids is 2. The van der Waals surface area contributed by atoms with E-state index < -0.39 is 0 Å². The third-order valence-corrected chi connectivity index (χ3v) is 5.21. The van der Waals surface area contributed by atoms with Crippen molar-refractivity contribution in [2.75, 3.05) is 0 Å². The second-order valence-electron chi connectivity index (χ2n) is 7.66. The maximum absolute atomic E-state index is 11.4. The van der Waals surface area contributed by atoms with Crippen LogP contribution in [-0.4, -0.2) is 11.6 Å². The van der Waals surface area contributed by atoms with Crippen molar-refractivity contribution in [3.05, 3.63) is 12.2 Å². The molecular formula is C23H39NO2. The molecule has 1 saturated carbocycles. The fraction of sp³-hybridized carbons (Fsp3) is 0.783. The first kappa shape index (κ1) is 24.6. The summed E-state index contributed by atoms with van der Waals surface area (Å²) in [6.07, 6.45) is 16.5. The molecule has 1 rings (SSSR count). The van der Waals surface area contributed by atoms with E-state index in [-0.39, 0.29) is 11.7 Å². The summed E-state index contributed by atoms with van der Waals surface area (Å²) >= 11 is 0. The van der Waals surface area contributed by atoms with E-state index in [1.807, 2.05) is 0 Å². The maximum atomic E-state index is 11.4. The molecule has 0 saturated heterocycles. The molecule has 0 aromatic carbocycles. The first-order chi connectivity index (χ1) is 12.5. The standard InChI is InChI=1S/C15H26O.C8H13NO/c1-4-5-6-7-12(2)8-9-14-10-11-15(16)13(14)3;1-2-3-4-5-6-8(10)7-9/h8-9,12-14H,4-7,10-11H2,1-3H3;2-6H2,1H3/b9-8+;/t12?,13?,14-;/m0./s1. The minimum atomic E-state index is -0.281. The molecule has 0 spiro atoms. The molecule has 3 nitrogen and oxygen atoms in total. The summed E-state index contributed by atoms with van der Waals surface area (Å²) in [5.74, 6) is 1.62. The fourth-order valence-electron chi connectivity index (χ4n) is 3.20. The number of nitriles is 1. The minimum absolute atomic E-state index is 0.263. The van der Waals surface area contributed by atoms with E-state index in [4.69, 9.17) is 5.26 Å². The second-order valence-corrected chi connectivity index (χ2v) is 7.66. The predicted octanol–water partition coefficient (Wildman–Crippen LogP) is 6.42. The Morgan fingerprint density at radius 3 is 2.38 bits per heavy atom. The van der Waals surface area contributed by atoms with Crippen molar-refractivity contribution in [3.63, 3.8) is 0 Å². The molecule has 3 atom stereocenters. The summed E-state index contributed by atoms with van der Waals surface area (Å²) in [5.41, 5.74) is 0. The average molecular weight is 362 g/mol. The molecule has 0 heterocycles. The number of carbonyl (C=O) groups is 2. The van der Waals surface area contributed by atoms with Crippen molar-refractivity contribution in [3.8, 4) is 6.07 Å². The van der Waals surface area contributed by atoms with Crippen LogP contribution in [0.4, 0.5) is 0 Å². The Balaban J connectivity index is 0.000000541. The lowest BCUT2D eigenvalue weighted by Gasteiger charge is -2.10. The monoisotopic (exact) mass is 361 g/mol. The van der Waals surface area contributed by atoms with Gasteiger partial charge in [0, 0.05) is 18.8 Å². The van der Waals surface area contributed by atoms with Crippen LogP contribution in [-0.2, 0) is 9.59 Å². The maximum Gasteiger partial charge on any atom is 0.231 e. The number of allylic oxidation sites excluding steroid dienone is 2. The normalized spacial score (nSPS) is 20.5. The quantitative estimate of drug-likeness (QED) is 0.242. The van der Waals surface area contributed by atoms with Crippen LogP contribution >= 0.6 is 0 Å². The number of Topliss-reactive ketones (excluding diaryl/α,β-unsaturated/α-hetero) is 2. The highest BCUT2D eigenvalue weighted by Gasteiger charge is 2.28. The Morgan fingerprint density at radius 2 is 1.85 bits per heavy atom. The third kappa shape index (κ3) is 12.0. The zero-order valence-electron chi connectivity index (χ0n) is 17.4. The van der Waals surface area contributed by atoms with Crippen LogP contribution in [0.1, 0.15) is 98.3 Å². The van der Waals surface area contributed by atoms with Gasteiger partial charge in [-0.2, -0.15) is 5.26 Å². The molecule has 2 unspecified atom stereocenters. The molecule has 0 aliphatic heterocycles. The molecule has 26 heavy (non-hydrogen) atoms. The predicted molar refractivity (Wildman–Crippen MR) is 109 cm³/mol. The first-order valence-electron chi connectivity index (χ1n) is 10.6. The molecule has 0 radical (unpaired) electrons. The van der Waals surface area contributed by atoms with Crippen molar-refractivity contribution in [1.82, 2.24) is 0 Å². The number of unbranched alkanes of at least 4 members (excludes halogenated alkanes) is 5. The van der Waals surface area contributed by atoms with Crippen LogP contribution in [0.25, 0.3) is 0 Å². The minimum Gasteiger partial charge on any atom is -0.299 e.